The predicted molar refractivity (Wildman–Crippen MR) is 65.6 cm³/mol. The lowest BCUT2D eigenvalue weighted by Crippen LogP contribution is -3.12. The summed E-state index contributed by atoms with van der Waals surface area (Å²) in [4.78, 5) is 25.7. The van der Waals surface area contributed by atoms with Crippen molar-refractivity contribution in [1.82, 2.24) is 4.90 Å². The maximum atomic E-state index is 12.2. The fourth-order valence-electron chi connectivity index (χ4n) is 2.08. The van der Waals surface area contributed by atoms with Gasteiger partial charge in [0.05, 0.1) is 38.2 Å². The quantitative estimate of drug-likeness (QED) is 0.572. The first-order chi connectivity index (χ1) is 8.59. The van der Waals surface area contributed by atoms with Gasteiger partial charge in [-0.15, -0.1) is 0 Å². The van der Waals surface area contributed by atoms with Crippen molar-refractivity contribution in [1.29, 1.82) is 0 Å². The van der Waals surface area contributed by atoms with Gasteiger partial charge in [-0.2, -0.15) is 0 Å². The van der Waals surface area contributed by atoms with Crippen molar-refractivity contribution in [2.75, 3.05) is 33.2 Å². The summed E-state index contributed by atoms with van der Waals surface area (Å²) in [7, 11) is 2.08. The van der Waals surface area contributed by atoms with Gasteiger partial charge < -0.3 is 9.80 Å². The molecule has 1 aliphatic rings. The minimum absolute atomic E-state index is 0.117. The van der Waals surface area contributed by atoms with E-state index >= 15 is 0 Å². The van der Waals surface area contributed by atoms with Crippen LogP contribution in [0.15, 0.2) is 24.3 Å². The van der Waals surface area contributed by atoms with Crippen LogP contribution in [0.3, 0.4) is 0 Å². The van der Waals surface area contributed by atoms with Gasteiger partial charge in [-0.05, 0) is 6.07 Å². The number of quaternary nitrogens is 1. The monoisotopic (exact) mass is 250 g/mol. The number of nitro groups is 1. The number of likely N-dealkylation sites (N-methyl/N-ethyl adjacent to an activating group) is 1. The molecule has 0 atom stereocenters. The predicted octanol–water partition coefficient (Wildman–Crippen LogP) is -0.435. The molecule has 1 saturated heterocycles. The van der Waals surface area contributed by atoms with E-state index in [1.807, 2.05) is 0 Å². The van der Waals surface area contributed by atoms with Crippen LogP contribution in [0.2, 0.25) is 0 Å². The summed E-state index contributed by atoms with van der Waals surface area (Å²) in [6.45, 7) is 3.06. The Kier molecular flexibility index (Phi) is 3.57. The molecule has 18 heavy (non-hydrogen) atoms. The molecule has 96 valence electrons. The highest BCUT2D eigenvalue weighted by molar-refractivity contribution is 5.98. The normalized spacial score (nSPS) is 16.6. The van der Waals surface area contributed by atoms with E-state index in [1.54, 1.807) is 17.0 Å². The number of hydrogen-bond donors (Lipinski definition) is 1. The summed E-state index contributed by atoms with van der Waals surface area (Å²) in [6, 6.07) is 6.12. The number of benzene rings is 1. The Balaban J connectivity index is 2.21. The van der Waals surface area contributed by atoms with Gasteiger partial charge in [0.1, 0.15) is 5.56 Å². The van der Waals surface area contributed by atoms with Crippen LogP contribution in [0.5, 0.6) is 0 Å². The Bertz CT molecular complexity index is 467. The van der Waals surface area contributed by atoms with E-state index in [9.17, 15) is 14.9 Å². The van der Waals surface area contributed by atoms with Gasteiger partial charge in [0, 0.05) is 6.07 Å². The van der Waals surface area contributed by atoms with E-state index in [2.05, 4.69) is 7.05 Å². The molecule has 0 aromatic heterocycles. The zero-order valence-corrected chi connectivity index (χ0v) is 10.3. The minimum atomic E-state index is -0.505. The Labute approximate surface area is 105 Å². The average molecular weight is 250 g/mol. The summed E-state index contributed by atoms with van der Waals surface area (Å²) in [5.74, 6) is -0.241. The molecule has 2 rings (SSSR count). The molecule has 1 fully saturated rings. The smallest absolute Gasteiger partial charge is 0.282 e. The summed E-state index contributed by atoms with van der Waals surface area (Å²) in [6.07, 6.45) is 0. The number of para-hydroxylation sites is 1. The van der Waals surface area contributed by atoms with E-state index < -0.39 is 4.92 Å². The summed E-state index contributed by atoms with van der Waals surface area (Å²) in [5, 5.41) is 10.9. The Morgan fingerprint density at radius 2 is 1.94 bits per heavy atom. The average Bonchev–Trinajstić information content (AvgIpc) is 2.39. The third-order valence-electron chi connectivity index (χ3n) is 3.24. The van der Waals surface area contributed by atoms with Crippen LogP contribution in [0.1, 0.15) is 10.4 Å². The maximum absolute atomic E-state index is 12.2. The van der Waals surface area contributed by atoms with Gasteiger partial charge in [-0.1, -0.05) is 12.1 Å². The molecule has 0 spiro atoms. The van der Waals surface area contributed by atoms with Crippen molar-refractivity contribution in [3.8, 4) is 0 Å². The molecular weight excluding hydrogens is 234 g/mol. The van der Waals surface area contributed by atoms with E-state index in [-0.39, 0.29) is 17.2 Å². The summed E-state index contributed by atoms with van der Waals surface area (Å²) in [5.41, 5.74) is 0.0656. The van der Waals surface area contributed by atoms with E-state index in [0.29, 0.717) is 13.1 Å². The van der Waals surface area contributed by atoms with Crippen molar-refractivity contribution in [3.63, 3.8) is 0 Å². The third-order valence-corrected chi connectivity index (χ3v) is 3.24. The maximum Gasteiger partial charge on any atom is 0.282 e. The molecule has 0 aliphatic carbocycles. The highest BCUT2D eigenvalue weighted by Gasteiger charge is 2.27. The highest BCUT2D eigenvalue weighted by atomic mass is 16.6. The molecule has 1 aliphatic heterocycles. The molecule has 1 amide bonds. The first-order valence-corrected chi connectivity index (χ1v) is 5.93. The van der Waals surface area contributed by atoms with Crippen LogP contribution in [-0.4, -0.2) is 49.0 Å². The summed E-state index contributed by atoms with van der Waals surface area (Å²) < 4.78 is 0. The fraction of sp³-hybridized carbons (Fsp3) is 0.417. The van der Waals surface area contributed by atoms with Crippen LogP contribution in [0, 0.1) is 10.1 Å². The summed E-state index contributed by atoms with van der Waals surface area (Å²) >= 11 is 0. The molecule has 1 heterocycles. The first kappa shape index (κ1) is 12.5. The minimum Gasteiger partial charge on any atom is -0.334 e. The second-order valence-corrected chi connectivity index (χ2v) is 4.52. The lowest BCUT2D eigenvalue weighted by molar-refractivity contribution is -0.883. The Morgan fingerprint density at radius 3 is 2.56 bits per heavy atom. The van der Waals surface area contributed by atoms with Gasteiger partial charge >= 0.3 is 0 Å². The topological polar surface area (TPSA) is 67.9 Å². The number of nitrogens with zero attached hydrogens (tertiary/aromatic N) is 2. The Hall–Kier alpha value is -1.95. The lowest BCUT2D eigenvalue weighted by Gasteiger charge is -2.29. The molecule has 0 bridgehead atoms. The zero-order chi connectivity index (χ0) is 13.1. The fourth-order valence-corrected chi connectivity index (χ4v) is 2.08. The molecule has 6 heteroatoms. The van der Waals surface area contributed by atoms with Crippen LogP contribution in [0.4, 0.5) is 5.69 Å². The SMILES string of the molecule is C[NH+]1CCN(C(=O)c2ccccc2[N+](=O)[O-])CC1. The first-order valence-electron chi connectivity index (χ1n) is 5.93. The number of rotatable bonds is 2. The van der Waals surface area contributed by atoms with Crippen LogP contribution >= 0.6 is 0 Å². The van der Waals surface area contributed by atoms with Crippen LogP contribution < -0.4 is 4.90 Å². The number of amides is 1. The van der Waals surface area contributed by atoms with Crippen molar-refractivity contribution in [2.24, 2.45) is 0 Å². The van der Waals surface area contributed by atoms with Crippen molar-refractivity contribution >= 4 is 11.6 Å². The number of piperazine rings is 1. The van der Waals surface area contributed by atoms with E-state index in [1.165, 1.54) is 17.0 Å². The number of carbonyl (C=O) groups excluding carboxylic acids is 1. The molecule has 1 N–H and O–H groups in total. The molecule has 1 aromatic carbocycles. The molecule has 6 nitrogen and oxygen atoms in total. The second kappa shape index (κ2) is 5.14. The number of nitro benzene ring substituents is 1. The van der Waals surface area contributed by atoms with Gasteiger partial charge in [0.15, 0.2) is 0 Å². The van der Waals surface area contributed by atoms with Crippen molar-refractivity contribution in [2.45, 2.75) is 0 Å². The van der Waals surface area contributed by atoms with Gasteiger partial charge in [0.2, 0.25) is 0 Å². The van der Waals surface area contributed by atoms with Crippen molar-refractivity contribution in [3.05, 3.63) is 39.9 Å². The Morgan fingerprint density at radius 1 is 1.33 bits per heavy atom. The van der Waals surface area contributed by atoms with Gasteiger partial charge in [-0.3, -0.25) is 14.9 Å². The highest BCUT2D eigenvalue weighted by Crippen LogP contribution is 2.19. The van der Waals surface area contributed by atoms with Gasteiger partial charge in [-0.25, -0.2) is 0 Å². The van der Waals surface area contributed by atoms with E-state index in [4.69, 9.17) is 0 Å². The third kappa shape index (κ3) is 2.48. The van der Waals surface area contributed by atoms with Crippen LogP contribution in [-0.2, 0) is 0 Å². The number of carbonyl (C=O) groups is 1. The second-order valence-electron chi connectivity index (χ2n) is 4.52. The standard InChI is InChI=1S/C12H15N3O3/c1-13-6-8-14(9-7-13)12(16)10-4-2-3-5-11(10)15(17)18/h2-5H,6-9H2,1H3/p+1. The molecule has 1 aromatic rings. The van der Waals surface area contributed by atoms with Gasteiger partial charge in [0.25, 0.3) is 11.6 Å². The number of nitrogens with one attached hydrogen (secondary N) is 1. The lowest BCUT2D eigenvalue weighted by atomic mass is 10.1. The molecular formula is C12H16N3O3+. The van der Waals surface area contributed by atoms with E-state index in [0.717, 1.165) is 13.1 Å². The van der Waals surface area contributed by atoms with Crippen molar-refractivity contribution < 1.29 is 14.6 Å². The molecule has 0 radical (unpaired) electrons. The largest absolute Gasteiger partial charge is 0.334 e. The molecule has 0 saturated carbocycles. The molecule has 0 unspecified atom stereocenters. The number of hydrogen-bond acceptors (Lipinski definition) is 3. The van der Waals surface area contributed by atoms with Crippen LogP contribution in [0.25, 0.3) is 0 Å². The zero-order valence-electron chi connectivity index (χ0n) is 10.3.